The maximum Gasteiger partial charge on any atom is 0.238 e. The van der Waals surface area contributed by atoms with Crippen LogP contribution in [0.15, 0.2) is 24.3 Å². The maximum absolute atomic E-state index is 11.7. The highest BCUT2D eigenvalue weighted by Crippen LogP contribution is 2.19. The van der Waals surface area contributed by atoms with Crippen molar-refractivity contribution in [2.75, 3.05) is 11.9 Å². The lowest BCUT2D eigenvalue weighted by atomic mass is 9.89. The third kappa shape index (κ3) is 3.28. The number of hydrogen-bond donors (Lipinski definition) is 3. The fraction of sp³-hybridized carbons (Fsp3) is 0.462. The molecule has 1 aromatic rings. The van der Waals surface area contributed by atoms with Gasteiger partial charge in [-0.2, -0.15) is 0 Å². The molecule has 92 valence electrons. The molecule has 0 spiro atoms. The van der Waals surface area contributed by atoms with E-state index in [1.807, 2.05) is 31.2 Å². The Kier molecular flexibility index (Phi) is 3.76. The zero-order chi connectivity index (χ0) is 12.3. The standard InChI is InChI=1S/C13H18N2O2/c1-9-4-2-3-5-12(9)15-13(17)8-14-10-6-11(16)7-10/h2-5,10-11,14,16H,6-8H2,1H3,(H,15,17). The molecule has 0 aliphatic heterocycles. The molecule has 1 aliphatic carbocycles. The lowest BCUT2D eigenvalue weighted by Gasteiger charge is -2.31. The Morgan fingerprint density at radius 2 is 2.12 bits per heavy atom. The summed E-state index contributed by atoms with van der Waals surface area (Å²) in [5, 5.41) is 15.1. The van der Waals surface area contributed by atoms with Crippen molar-refractivity contribution < 1.29 is 9.90 Å². The van der Waals surface area contributed by atoms with Crippen molar-refractivity contribution in [3.05, 3.63) is 29.8 Å². The monoisotopic (exact) mass is 234 g/mol. The largest absolute Gasteiger partial charge is 0.393 e. The van der Waals surface area contributed by atoms with E-state index in [-0.39, 0.29) is 18.1 Å². The van der Waals surface area contributed by atoms with Gasteiger partial charge in [0.15, 0.2) is 0 Å². The van der Waals surface area contributed by atoms with Gasteiger partial charge < -0.3 is 15.7 Å². The van der Waals surface area contributed by atoms with Gasteiger partial charge in [-0.3, -0.25) is 4.79 Å². The van der Waals surface area contributed by atoms with Gasteiger partial charge >= 0.3 is 0 Å². The van der Waals surface area contributed by atoms with Crippen LogP contribution in [-0.2, 0) is 4.79 Å². The number of amides is 1. The minimum Gasteiger partial charge on any atom is -0.393 e. The number of carbonyl (C=O) groups excluding carboxylic acids is 1. The second-order valence-electron chi connectivity index (χ2n) is 4.57. The van der Waals surface area contributed by atoms with E-state index in [4.69, 9.17) is 5.11 Å². The fourth-order valence-corrected chi connectivity index (χ4v) is 1.90. The highest BCUT2D eigenvalue weighted by Gasteiger charge is 2.26. The van der Waals surface area contributed by atoms with Crippen LogP contribution in [0, 0.1) is 6.92 Å². The number of aryl methyl sites for hydroxylation is 1. The van der Waals surface area contributed by atoms with Gasteiger partial charge in [0.25, 0.3) is 0 Å². The lowest BCUT2D eigenvalue weighted by molar-refractivity contribution is -0.115. The van der Waals surface area contributed by atoms with Gasteiger partial charge in [-0.25, -0.2) is 0 Å². The summed E-state index contributed by atoms with van der Waals surface area (Å²) in [6.07, 6.45) is 1.31. The number of anilines is 1. The summed E-state index contributed by atoms with van der Waals surface area (Å²) in [4.78, 5) is 11.7. The number of hydrogen-bond acceptors (Lipinski definition) is 3. The van der Waals surface area contributed by atoms with Gasteiger partial charge in [0, 0.05) is 11.7 Å². The van der Waals surface area contributed by atoms with Crippen molar-refractivity contribution in [3.8, 4) is 0 Å². The number of nitrogens with one attached hydrogen (secondary N) is 2. The van der Waals surface area contributed by atoms with Gasteiger partial charge in [-0.15, -0.1) is 0 Å². The van der Waals surface area contributed by atoms with Crippen molar-refractivity contribution >= 4 is 11.6 Å². The van der Waals surface area contributed by atoms with Crippen molar-refractivity contribution in [3.63, 3.8) is 0 Å². The van der Waals surface area contributed by atoms with E-state index in [2.05, 4.69) is 10.6 Å². The van der Waals surface area contributed by atoms with Gasteiger partial charge in [0.1, 0.15) is 0 Å². The topological polar surface area (TPSA) is 61.4 Å². The molecule has 0 aromatic heterocycles. The third-order valence-corrected chi connectivity index (χ3v) is 3.08. The second-order valence-corrected chi connectivity index (χ2v) is 4.57. The summed E-state index contributed by atoms with van der Waals surface area (Å²) in [7, 11) is 0. The van der Waals surface area contributed by atoms with E-state index < -0.39 is 0 Å². The molecule has 1 aromatic carbocycles. The SMILES string of the molecule is Cc1ccccc1NC(=O)CNC1CC(O)C1. The van der Waals surface area contributed by atoms with Crippen LogP contribution < -0.4 is 10.6 Å². The van der Waals surface area contributed by atoms with Crippen LogP contribution in [0.1, 0.15) is 18.4 Å². The van der Waals surface area contributed by atoms with Crippen LogP contribution >= 0.6 is 0 Å². The number of rotatable bonds is 4. The molecule has 0 bridgehead atoms. The molecular formula is C13H18N2O2. The van der Waals surface area contributed by atoms with Crippen LogP contribution in [0.5, 0.6) is 0 Å². The number of benzene rings is 1. The quantitative estimate of drug-likeness (QED) is 0.729. The second kappa shape index (κ2) is 5.29. The van der Waals surface area contributed by atoms with Crippen LogP contribution in [0.25, 0.3) is 0 Å². The van der Waals surface area contributed by atoms with E-state index in [0.717, 1.165) is 24.1 Å². The first kappa shape index (κ1) is 12.1. The predicted molar refractivity (Wildman–Crippen MR) is 66.8 cm³/mol. The van der Waals surface area contributed by atoms with Gasteiger partial charge in [-0.1, -0.05) is 18.2 Å². The van der Waals surface area contributed by atoms with E-state index in [9.17, 15) is 4.79 Å². The molecule has 1 amide bonds. The maximum atomic E-state index is 11.7. The van der Waals surface area contributed by atoms with E-state index >= 15 is 0 Å². The predicted octanol–water partition coefficient (Wildman–Crippen LogP) is 1.05. The molecule has 3 N–H and O–H groups in total. The number of aliphatic hydroxyl groups excluding tert-OH is 1. The molecule has 1 saturated carbocycles. The summed E-state index contributed by atoms with van der Waals surface area (Å²) in [6, 6.07) is 7.98. The molecule has 0 atom stereocenters. The summed E-state index contributed by atoms with van der Waals surface area (Å²) < 4.78 is 0. The van der Waals surface area contributed by atoms with Gasteiger partial charge in [0.05, 0.1) is 12.6 Å². The van der Waals surface area contributed by atoms with Crippen molar-refractivity contribution in [2.45, 2.75) is 31.9 Å². The molecule has 0 heterocycles. The molecule has 0 unspecified atom stereocenters. The Morgan fingerprint density at radius 1 is 1.41 bits per heavy atom. The normalized spacial score (nSPS) is 22.9. The molecule has 0 saturated heterocycles. The highest BCUT2D eigenvalue weighted by atomic mass is 16.3. The van der Waals surface area contributed by atoms with E-state index in [0.29, 0.717) is 6.54 Å². The zero-order valence-corrected chi connectivity index (χ0v) is 9.94. The molecule has 4 nitrogen and oxygen atoms in total. The molecule has 0 radical (unpaired) electrons. The first-order chi connectivity index (χ1) is 8.15. The first-order valence-electron chi connectivity index (χ1n) is 5.92. The van der Waals surface area contributed by atoms with Crippen molar-refractivity contribution in [2.24, 2.45) is 0 Å². The minimum atomic E-state index is -0.188. The number of para-hydroxylation sites is 1. The van der Waals surface area contributed by atoms with Crippen molar-refractivity contribution in [1.82, 2.24) is 5.32 Å². The third-order valence-electron chi connectivity index (χ3n) is 3.08. The molecule has 17 heavy (non-hydrogen) atoms. The zero-order valence-electron chi connectivity index (χ0n) is 9.94. The molecular weight excluding hydrogens is 216 g/mol. The lowest BCUT2D eigenvalue weighted by Crippen LogP contribution is -2.46. The fourth-order valence-electron chi connectivity index (χ4n) is 1.90. The minimum absolute atomic E-state index is 0.0410. The first-order valence-corrected chi connectivity index (χ1v) is 5.92. The van der Waals surface area contributed by atoms with Crippen LogP contribution in [0.2, 0.25) is 0 Å². The Morgan fingerprint density at radius 3 is 2.76 bits per heavy atom. The molecule has 4 heteroatoms. The average Bonchev–Trinajstić information content (AvgIpc) is 2.26. The Bertz CT molecular complexity index is 400. The molecule has 1 aliphatic rings. The molecule has 1 fully saturated rings. The van der Waals surface area contributed by atoms with Gasteiger partial charge in [-0.05, 0) is 31.4 Å². The Labute approximate surface area is 101 Å². The summed E-state index contributed by atoms with van der Waals surface area (Å²) in [5.41, 5.74) is 1.91. The highest BCUT2D eigenvalue weighted by molar-refractivity contribution is 5.92. The molecule has 2 rings (SSSR count). The van der Waals surface area contributed by atoms with Crippen molar-refractivity contribution in [1.29, 1.82) is 0 Å². The smallest absolute Gasteiger partial charge is 0.238 e. The van der Waals surface area contributed by atoms with E-state index in [1.165, 1.54) is 0 Å². The Hall–Kier alpha value is -1.39. The van der Waals surface area contributed by atoms with Crippen LogP contribution in [0.3, 0.4) is 0 Å². The Balaban J connectivity index is 1.76. The van der Waals surface area contributed by atoms with Gasteiger partial charge in [0.2, 0.25) is 5.91 Å². The number of carbonyl (C=O) groups is 1. The summed E-state index contributed by atoms with van der Waals surface area (Å²) >= 11 is 0. The van der Waals surface area contributed by atoms with Crippen LogP contribution in [-0.4, -0.2) is 29.7 Å². The number of aliphatic hydroxyl groups is 1. The summed E-state index contributed by atoms with van der Waals surface area (Å²) in [5.74, 6) is -0.0410. The average molecular weight is 234 g/mol. The van der Waals surface area contributed by atoms with E-state index in [1.54, 1.807) is 0 Å². The summed E-state index contributed by atoms with van der Waals surface area (Å²) in [6.45, 7) is 2.26. The van der Waals surface area contributed by atoms with Crippen LogP contribution in [0.4, 0.5) is 5.69 Å².